The highest BCUT2D eigenvalue weighted by atomic mass is 32.1. The maximum atomic E-state index is 13.2. The number of fused-ring (bicyclic) bond motifs is 1. The average molecular weight is 494 g/mol. The van der Waals surface area contributed by atoms with Crippen molar-refractivity contribution in [1.29, 1.82) is 0 Å². The van der Waals surface area contributed by atoms with Crippen molar-refractivity contribution in [2.75, 3.05) is 33.8 Å². The summed E-state index contributed by atoms with van der Waals surface area (Å²) in [6.45, 7) is 0. The van der Waals surface area contributed by atoms with E-state index < -0.39 is 0 Å². The molecular formula is C25H23N3O6S. The smallest absolute Gasteiger partial charge is 0.266 e. The van der Waals surface area contributed by atoms with Crippen LogP contribution in [0.5, 0.6) is 23.0 Å². The van der Waals surface area contributed by atoms with Crippen LogP contribution in [0.4, 0.5) is 5.69 Å². The van der Waals surface area contributed by atoms with Gasteiger partial charge < -0.3 is 29.2 Å². The highest BCUT2D eigenvalue weighted by Gasteiger charge is 2.16. The second-order valence-electron chi connectivity index (χ2n) is 7.40. The number of aromatic amines is 1. The van der Waals surface area contributed by atoms with E-state index in [1.54, 1.807) is 61.7 Å². The summed E-state index contributed by atoms with van der Waals surface area (Å²) in [6, 6.07) is 15.0. The number of nitrogens with zero attached hydrogens (tertiary/aromatic N) is 1. The molecule has 0 radical (unpaired) electrons. The number of hydrogen-bond acceptors (Lipinski definition) is 7. The molecule has 10 heteroatoms. The summed E-state index contributed by atoms with van der Waals surface area (Å²) in [5.41, 5.74) is 1.53. The van der Waals surface area contributed by atoms with Crippen LogP contribution in [0.25, 0.3) is 16.6 Å². The van der Waals surface area contributed by atoms with Gasteiger partial charge in [-0.2, -0.15) is 0 Å². The molecule has 0 saturated heterocycles. The largest absolute Gasteiger partial charge is 0.497 e. The number of rotatable bonds is 7. The summed E-state index contributed by atoms with van der Waals surface area (Å²) in [4.78, 5) is 29.2. The molecule has 1 heterocycles. The Morgan fingerprint density at radius 3 is 2.11 bits per heavy atom. The van der Waals surface area contributed by atoms with Crippen molar-refractivity contribution in [3.05, 3.63) is 75.3 Å². The van der Waals surface area contributed by atoms with Crippen molar-refractivity contribution < 1.29 is 23.7 Å². The predicted molar refractivity (Wildman–Crippen MR) is 135 cm³/mol. The number of nitrogens with one attached hydrogen (secondary N) is 2. The minimum Gasteiger partial charge on any atom is -0.497 e. The fourth-order valence-electron chi connectivity index (χ4n) is 3.68. The number of carbonyl (C=O) groups excluding carboxylic acids is 1. The second kappa shape index (κ2) is 9.90. The fraction of sp³-hybridized carbons (Fsp3) is 0.160. The molecule has 4 aromatic rings. The molecule has 0 aliphatic rings. The zero-order valence-corrected chi connectivity index (χ0v) is 20.3. The molecule has 0 saturated carbocycles. The molecule has 3 aromatic carbocycles. The van der Waals surface area contributed by atoms with Gasteiger partial charge in [-0.05, 0) is 54.7 Å². The van der Waals surface area contributed by atoms with Gasteiger partial charge in [-0.1, -0.05) is 0 Å². The number of methoxy groups -OCH3 is 4. The standard InChI is InChI=1S/C25H23N3O6S/c1-31-17-8-6-16(7-9-17)28-24(30)18-10-5-14(11-19(18)27-25(28)35)23(29)26-15-12-20(32-2)22(34-4)21(13-15)33-3/h5-13H,1-4H3,(H,26,29)(H,27,35). The molecule has 0 aliphatic heterocycles. The van der Waals surface area contributed by atoms with Crippen LogP contribution in [0.1, 0.15) is 10.4 Å². The molecule has 1 aromatic heterocycles. The van der Waals surface area contributed by atoms with Gasteiger partial charge >= 0.3 is 0 Å². The van der Waals surface area contributed by atoms with E-state index in [-0.39, 0.29) is 16.2 Å². The maximum absolute atomic E-state index is 13.2. The van der Waals surface area contributed by atoms with Crippen LogP contribution in [-0.4, -0.2) is 43.9 Å². The van der Waals surface area contributed by atoms with Gasteiger partial charge in [-0.15, -0.1) is 0 Å². The monoisotopic (exact) mass is 493 g/mol. The van der Waals surface area contributed by atoms with Crippen LogP contribution >= 0.6 is 12.2 Å². The summed E-state index contributed by atoms with van der Waals surface area (Å²) in [5, 5.41) is 3.20. The van der Waals surface area contributed by atoms with E-state index >= 15 is 0 Å². The van der Waals surface area contributed by atoms with Crippen molar-refractivity contribution in [1.82, 2.24) is 9.55 Å². The van der Waals surface area contributed by atoms with E-state index in [0.717, 1.165) is 0 Å². The Labute approximate surface area is 205 Å². The number of H-pyrrole nitrogens is 1. The van der Waals surface area contributed by atoms with E-state index in [1.165, 1.54) is 25.9 Å². The topological polar surface area (TPSA) is 104 Å². The van der Waals surface area contributed by atoms with Gasteiger partial charge in [-0.25, -0.2) is 0 Å². The number of anilines is 1. The molecule has 180 valence electrons. The lowest BCUT2D eigenvalue weighted by molar-refractivity contribution is 0.102. The number of benzene rings is 3. The van der Waals surface area contributed by atoms with E-state index in [9.17, 15) is 9.59 Å². The molecule has 0 spiro atoms. The number of hydrogen-bond donors (Lipinski definition) is 2. The maximum Gasteiger partial charge on any atom is 0.266 e. The number of amides is 1. The predicted octanol–water partition coefficient (Wildman–Crippen LogP) is 4.33. The van der Waals surface area contributed by atoms with Crippen molar-refractivity contribution in [3.63, 3.8) is 0 Å². The lowest BCUT2D eigenvalue weighted by atomic mass is 10.1. The minimum absolute atomic E-state index is 0.204. The molecule has 0 fully saturated rings. The molecule has 0 aliphatic carbocycles. The average Bonchev–Trinajstić information content (AvgIpc) is 2.88. The zero-order valence-electron chi connectivity index (χ0n) is 19.5. The molecule has 2 N–H and O–H groups in total. The summed E-state index contributed by atoms with van der Waals surface area (Å²) >= 11 is 5.44. The van der Waals surface area contributed by atoms with E-state index in [4.69, 9.17) is 31.2 Å². The molecule has 0 unspecified atom stereocenters. The van der Waals surface area contributed by atoms with E-state index in [2.05, 4.69) is 10.3 Å². The summed E-state index contributed by atoms with van der Waals surface area (Å²) < 4.78 is 22.8. The fourth-order valence-corrected chi connectivity index (χ4v) is 3.98. The molecule has 1 amide bonds. The Morgan fingerprint density at radius 1 is 0.886 bits per heavy atom. The first-order chi connectivity index (χ1) is 16.9. The lowest BCUT2D eigenvalue weighted by Crippen LogP contribution is -2.21. The van der Waals surface area contributed by atoms with Crippen LogP contribution in [0, 0.1) is 4.77 Å². The number of carbonyl (C=O) groups is 1. The second-order valence-corrected chi connectivity index (χ2v) is 7.78. The number of ether oxygens (including phenoxy) is 4. The Balaban J connectivity index is 1.69. The van der Waals surface area contributed by atoms with Gasteiger partial charge in [0.1, 0.15) is 5.75 Å². The summed E-state index contributed by atoms with van der Waals surface area (Å²) in [5.74, 6) is 1.51. The van der Waals surface area contributed by atoms with Crippen LogP contribution in [0.15, 0.2) is 59.4 Å². The Bertz CT molecular complexity index is 1500. The van der Waals surface area contributed by atoms with Gasteiger partial charge in [-0.3, -0.25) is 14.2 Å². The third kappa shape index (κ3) is 4.56. The summed E-state index contributed by atoms with van der Waals surface area (Å²) in [6.07, 6.45) is 0. The molecule has 4 rings (SSSR count). The molecule has 0 atom stereocenters. The van der Waals surface area contributed by atoms with Crippen molar-refractivity contribution in [2.24, 2.45) is 0 Å². The van der Waals surface area contributed by atoms with E-state index in [0.29, 0.717) is 50.8 Å². The highest BCUT2D eigenvalue weighted by Crippen LogP contribution is 2.40. The first kappa shape index (κ1) is 23.8. The molecule has 35 heavy (non-hydrogen) atoms. The van der Waals surface area contributed by atoms with Gasteiger partial charge in [0.05, 0.1) is 45.0 Å². The van der Waals surface area contributed by atoms with Gasteiger partial charge in [0.2, 0.25) is 5.75 Å². The lowest BCUT2D eigenvalue weighted by Gasteiger charge is -2.15. The van der Waals surface area contributed by atoms with Gasteiger partial charge in [0.25, 0.3) is 11.5 Å². The third-order valence-corrected chi connectivity index (χ3v) is 5.70. The first-order valence-electron chi connectivity index (χ1n) is 10.4. The highest BCUT2D eigenvalue weighted by molar-refractivity contribution is 7.71. The molecular weight excluding hydrogens is 470 g/mol. The van der Waals surface area contributed by atoms with Crippen molar-refractivity contribution >= 4 is 34.7 Å². The Morgan fingerprint density at radius 2 is 1.54 bits per heavy atom. The summed E-state index contributed by atoms with van der Waals surface area (Å²) in [7, 11) is 6.06. The first-order valence-corrected chi connectivity index (χ1v) is 10.9. The molecule has 0 bridgehead atoms. The van der Waals surface area contributed by atoms with Gasteiger partial charge in [0, 0.05) is 23.4 Å². The van der Waals surface area contributed by atoms with Crippen LogP contribution in [-0.2, 0) is 0 Å². The molecule has 9 nitrogen and oxygen atoms in total. The number of aromatic nitrogens is 2. The SMILES string of the molecule is COc1ccc(-n2c(=S)[nH]c3cc(C(=O)Nc4cc(OC)c(OC)c(OC)c4)ccc3c2=O)cc1. The Kier molecular flexibility index (Phi) is 6.74. The van der Waals surface area contributed by atoms with Gasteiger partial charge in [0.15, 0.2) is 16.3 Å². The van der Waals surface area contributed by atoms with Crippen LogP contribution < -0.4 is 29.8 Å². The van der Waals surface area contributed by atoms with Crippen molar-refractivity contribution in [2.45, 2.75) is 0 Å². The normalized spacial score (nSPS) is 10.6. The van der Waals surface area contributed by atoms with Crippen molar-refractivity contribution in [3.8, 4) is 28.7 Å². The zero-order chi connectivity index (χ0) is 25.1. The van der Waals surface area contributed by atoms with E-state index in [1.807, 2.05) is 0 Å². The Hall–Kier alpha value is -4.31. The van der Waals surface area contributed by atoms with Crippen LogP contribution in [0.3, 0.4) is 0 Å². The third-order valence-electron chi connectivity index (χ3n) is 5.41. The van der Waals surface area contributed by atoms with Crippen LogP contribution in [0.2, 0.25) is 0 Å². The minimum atomic E-state index is -0.389. The quantitative estimate of drug-likeness (QED) is 0.369.